The van der Waals surface area contributed by atoms with E-state index in [0.717, 1.165) is 17.5 Å². The maximum absolute atomic E-state index is 11.7. The first kappa shape index (κ1) is 15.9. The van der Waals surface area contributed by atoms with Crippen molar-refractivity contribution in [3.63, 3.8) is 0 Å². The molecule has 2 N–H and O–H groups in total. The summed E-state index contributed by atoms with van der Waals surface area (Å²) in [5.74, 6) is -0.569. The Morgan fingerprint density at radius 1 is 1.21 bits per heavy atom. The van der Waals surface area contributed by atoms with Gasteiger partial charge in [0.1, 0.15) is 0 Å². The van der Waals surface area contributed by atoms with E-state index in [1.807, 2.05) is 19.9 Å². The number of methoxy groups -OCH3 is 1. The quantitative estimate of drug-likeness (QED) is 0.641. The van der Waals surface area contributed by atoms with Crippen LogP contribution in [0.25, 0.3) is 0 Å². The number of benzene rings is 1. The van der Waals surface area contributed by atoms with Crippen LogP contribution in [0.1, 0.15) is 40.9 Å². The Bertz CT molecular complexity index is 518. The third kappa shape index (κ3) is 3.90. The van der Waals surface area contributed by atoms with Gasteiger partial charge in [0.2, 0.25) is 0 Å². The normalized spacial score (nSPS) is 11.4. The molecule has 0 amide bonds. The molecule has 1 rings (SSSR count). The van der Waals surface area contributed by atoms with E-state index in [4.69, 9.17) is 0 Å². The Morgan fingerprint density at radius 3 is 2.26 bits per heavy atom. The number of hydrogen-bond donors (Lipinski definition) is 2. The second kappa shape index (κ2) is 6.33. The van der Waals surface area contributed by atoms with Crippen molar-refractivity contribution in [1.82, 2.24) is 0 Å². The van der Waals surface area contributed by atoms with Crippen molar-refractivity contribution in [2.45, 2.75) is 32.9 Å². The number of esters is 1. The summed E-state index contributed by atoms with van der Waals surface area (Å²) in [6, 6.07) is 3.39. The van der Waals surface area contributed by atoms with Gasteiger partial charge < -0.3 is 14.5 Å². The van der Waals surface area contributed by atoms with E-state index in [1.54, 1.807) is 6.07 Å². The van der Waals surface area contributed by atoms with Crippen molar-refractivity contribution in [3.05, 3.63) is 34.4 Å². The number of rotatable bonds is 5. The SMILES string of the molecule is CCc1ccc(C(=O)OC)c(CP(=O)(O)O)c1CC. The number of ether oxygens (including phenoxy) is 1. The lowest BCUT2D eigenvalue weighted by molar-refractivity contribution is 0.0599. The molecule has 0 radical (unpaired) electrons. The van der Waals surface area contributed by atoms with Crippen LogP contribution in [-0.2, 0) is 28.3 Å². The zero-order chi connectivity index (χ0) is 14.6. The van der Waals surface area contributed by atoms with Crippen LogP contribution < -0.4 is 0 Å². The van der Waals surface area contributed by atoms with E-state index < -0.39 is 19.7 Å². The third-order valence-electron chi connectivity index (χ3n) is 3.03. The Morgan fingerprint density at radius 2 is 1.84 bits per heavy atom. The maximum Gasteiger partial charge on any atom is 0.338 e. The molecular formula is C13H19O5P. The zero-order valence-corrected chi connectivity index (χ0v) is 12.2. The lowest BCUT2D eigenvalue weighted by Crippen LogP contribution is -2.10. The predicted molar refractivity (Wildman–Crippen MR) is 72.3 cm³/mol. The Labute approximate surface area is 112 Å². The molecule has 1 aromatic rings. The van der Waals surface area contributed by atoms with Crippen LogP contribution >= 0.6 is 7.60 Å². The minimum absolute atomic E-state index is 0.236. The van der Waals surface area contributed by atoms with Gasteiger partial charge in [0.15, 0.2) is 0 Å². The van der Waals surface area contributed by atoms with Crippen LogP contribution in [0, 0.1) is 0 Å². The first-order chi connectivity index (χ1) is 8.84. The molecule has 0 saturated heterocycles. The third-order valence-corrected chi connectivity index (χ3v) is 3.76. The highest BCUT2D eigenvalue weighted by Crippen LogP contribution is 2.41. The molecule has 0 aromatic heterocycles. The van der Waals surface area contributed by atoms with Crippen molar-refractivity contribution in [1.29, 1.82) is 0 Å². The van der Waals surface area contributed by atoms with Crippen LogP contribution in [0.2, 0.25) is 0 Å². The fourth-order valence-corrected chi connectivity index (χ4v) is 2.97. The lowest BCUT2D eigenvalue weighted by atomic mass is 9.94. The summed E-state index contributed by atoms with van der Waals surface area (Å²) in [5.41, 5.74) is 2.47. The van der Waals surface area contributed by atoms with Crippen LogP contribution in [-0.4, -0.2) is 22.9 Å². The minimum atomic E-state index is -4.24. The summed E-state index contributed by atoms with van der Waals surface area (Å²) < 4.78 is 15.9. The zero-order valence-electron chi connectivity index (χ0n) is 11.3. The molecule has 0 aliphatic carbocycles. The molecule has 0 heterocycles. The summed E-state index contributed by atoms with van der Waals surface area (Å²) in [5, 5.41) is 0. The molecule has 0 saturated carbocycles. The van der Waals surface area contributed by atoms with Gasteiger partial charge in [0.05, 0.1) is 18.8 Å². The highest BCUT2D eigenvalue weighted by Gasteiger charge is 2.23. The van der Waals surface area contributed by atoms with Crippen molar-refractivity contribution in [3.8, 4) is 0 Å². The number of aryl methyl sites for hydroxylation is 1. The van der Waals surface area contributed by atoms with Crippen LogP contribution in [0.5, 0.6) is 0 Å². The van der Waals surface area contributed by atoms with Gasteiger partial charge in [-0.3, -0.25) is 4.57 Å². The standard InChI is InChI=1S/C13H19O5P/c1-4-9-6-7-11(13(14)18-3)12(10(9)5-2)8-19(15,16)17/h6-7H,4-5,8H2,1-3H3,(H2,15,16,17). The summed E-state index contributed by atoms with van der Waals surface area (Å²) in [6.45, 7) is 3.87. The average Bonchev–Trinajstić information content (AvgIpc) is 2.35. The largest absolute Gasteiger partial charge is 0.465 e. The molecule has 0 aliphatic rings. The van der Waals surface area contributed by atoms with Gasteiger partial charge >= 0.3 is 13.6 Å². The maximum atomic E-state index is 11.7. The molecule has 106 valence electrons. The van der Waals surface area contributed by atoms with Crippen molar-refractivity contribution >= 4 is 13.6 Å². The molecule has 0 aliphatic heterocycles. The first-order valence-electron chi connectivity index (χ1n) is 6.10. The van der Waals surface area contributed by atoms with E-state index >= 15 is 0 Å². The van der Waals surface area contributed by atoms with Gasteiger partial charge in [0, 0.05) is 0 Å². The molecule has 0 unspecified atom stereocenters. The van der Waals surface area contributed by atoms with Crippen LogP contribution in [0.4, 0.5) is 0 Å². The molecule has 1 aromatic carbocycles. The summed E-state index contributed by atoms with van der Waals surface area (Å²) in [4.78, 5) is 30.1. The van der Waals surface area contributed by atoms with Gasteiger partial charge in [-0.1, -0.05) is 19.9 Å². The molecule has 0 atom stereocenters. The average molecular weight is 286 g/mol. The van der Waals surface area contributed by atoms with Crippen molar-refractivity contribution in [2.24, 2.45) is 0 Å². The molecule has 6 heteroatoms. The number of hydrogen-bond acceptors (Lipinski definition) is 3. The molecule has 5 nitrogen and oxygen atoms in total. The molecular weight excluding hydrogens is 267 g/mol. The predicted octanol–water partition coefficient (Wildman–Crippen LogP) is 2.28. The molecule has 19 heavy (non-hydrogen) atoms. The Hall–Kier alpha value is -1.16. The molecule has 0 fully saturated rings. The second-order valence-electron chi connectivity index (χ2n) is 4.25. The lowest BCUT2D eigenvalue weighted by Gasteiger charge is -2.17. The van der Waals surface area contributed by atoms with Crippen LogP contribution in [0.15, 0.2) is 12.1 Å². The van der Waals surface area contributed by atoms with E-state index in [1.165, 1.54) is 7.11 Å². The fraction of sp³-hybridized carbons (Fsp3) is 0.462. The van der Waals surface area contributed by atoms with E-state index in [-0.39, 0.29) is 5.56 Å². The van der Waals surface area contributed by atoms with Crippen molar-refractivity contribution in [2.75, 3.05) is 7.11 Å². The first-order valence-corrected chi connectivity index (χ1v) is 7.90. The Kier molecular flexibility index (Phi) is 5.29. The summed E-state index contributed by atoms with van der Waals surface area (Å²) in [6.07, 6.45) is 0.927. The Balaban J connectivity index is 3.48. The molecule has 0 bridgehead atoms. The van der Waals surface area contributed by atoms with Gasteiger partial charge in [-0.2, -0.15) is 0 Å². The molecule has 0 spiro atoms. The topological polar surface area (TPSA) is 83.8 Å². The van der Waals surface area contributed by atoms with Gasteiger partial charge in [-0.25, -0.2) is 4.79 Å². The second-order valence-corrected chi connectivity index (χ2v) is 5.90. The fourth-order valence-electron chi connectivity index (χ4n) is 2.20. The van der Waals surface area contributed by atoms with Gasteiger partial charge in [-0.15, -0.1) is 0 Å². The van der Waals surface area contributed by atoms with Crippen LogP contribution in [0.3, 0.4) is 0 Å². The van der Waals surface area contributed by atoms with Gasteiger partial charge in [-0.05, 0) is 35.6 Å². The number of carbonyl (C=O) groups is 1. The number of carbonyl (C=O) groups excluding carboxylic acids is 1. The summed E-state index contributed by atoms with van der Waals surface area (Å²) in [7, 11) is -2.99. The monoisotopic (exact) mass is 286 g/mol. The highest BCUT2D eigenvalue weighted by molar-refractivity contribution is 7.50. The van der Waals surface area contributed by atoms with E-state index in [2.05, 4.69) is 4.74 Å². The van der Waals surface area contributed by atoms with Crippen molar-refractivity contribution < 1.29 is 23.9 Å². The minimum Gasteiger partial charge on any atom is -0.465 e. The van der Waals surface area contributed by atoms with E-state index in [9.17, 15) is 19.1 Å². The van der Waals surface area contributed by atoms with Gasteiger partial charge in [0.25, 0.3) is 0 Å². The van der Waals surface area contributed by atoms with E-state index in [0.29, 0.717) is 12.0 Å². The summed E-state index contributed by atoms with van der Waals surface area (Å²) >= 11 is 0. The highest BCUT2D eigenvalue weighted by atomic mass is 31.2. The smallest absolute Gasteiger partial charge is 0.338 e.